The fourth-order valence-electron chi connectivity index (χ4n) is 1.78. The third kappa shape index (κ3) is 1.98. The van der Waals surface area contributed by atoms with Gasteiger partial charge in [0.2, 0.25) is 0 Å². The second-order valence-corrected chi connectivity index (χ2v) is 5.03. The first-order valence-electron chi connectivity index (χ1n) is 5.27. The molecule has 3 aromatic rings. The van der Waals surface area contributed by atoms with Crippen LogP contribution in [0.2, 0.25) is 5.02 Å². The molecular weight excluding hydrogens is 289 g/mol. The summed E-state index contributed by atoms with van der Waals surface area (Å²) >= 11 is 7.39. The quantitative estimate of drug-likeness (QED) is 0.780. The highest BCUT2D eigenvalue weighted by Gasteiger charge is 2.23. The van der Waals surface area contributed by atoms with Crippen molar-refractivity contribution in [3.8, 4) is 21.8 Å². The van der Waals surface area contributed by atoms with Crippen molar-refractivity contribution in [3.63, 3.8) is 0 Å². The summed E-state index contributed by atoms with van der Waals surface area (Å²) in [6, 6.07) is 4.42. The SMILES string of the molecule is Nc1noc(-c2cncs2)c1-c1c(F)cccc1Cl. The summed E-state index contributed by atoms with van der Waals surface area (Å²) in [6.45, 7) is 0. The third-order valence-corrected chi connectivity index (χ3v) is 3.67. The molecule has 2 heterocycles. The van der Waals surface area contributed by atoms with E-state index in [0.29, 0.717) is 16.2 Å². The van der Waals surface area contributed by atoms with Crippen molar-refractivity contribution in [1.82, 2.24) is 10.1 Å². The van der Waals surface area contributed by atoms with Gasteiger partial charge < -0.3 is 10.3 Å². The number of anilines is 1. The van der Waals surface area contributed by atoms with Gasteiger partial charge in [0, 0.05) is 11.8 Å². The lowest BCUT2D eigenvalue weighted by Crippen LogP contribution is -1.92. The molecule has 2 N–H and O–H groups in total. The Kier molecular flexibility index (Phi) is 2.96. The number of hydrogen-bond acceptors (Lipinski definition) is 5. The first-order valence-corrected chi connectivity index (χ1v) is 6.52. The lowest BCUT2D eigenvalue weighted by Gasteiger charge is -2.05. The van der Waals surface area contributed by atoms with Gasteiger partial charge in [0.1, 0.15) is 5.82 Å². The molecule has 0 atom stereocenters. The van der Waals surface area contributed by atoms with E-state index in [1.165, 1.54) is 23.5 Å². The van der Waals surface area contributed by atoms with Crippen molar-refractivity contribution >= 4 is 28.8 Å². The van der Waals surface area contributed by atoms with Crippen LogP contribution in [0.1, 0.15) is 0 Å². The molecule has 1 aromatic carbocycles. The molecule has 0 amide bonds. The van der Waals surface area contributed by atoms with E-state index >= 15 is 0 Å². The molecule has 3 rings (SSSR count). The van der Waals surface area contributed by atoms with Crippen LogP contribution in [-0.4, -0.2) is 10.1 Å². The predicted molar refractivity (Wildman–Crippen MR) is 72.4 cm³/mol. The zero-order valence-electron chi connectivity index (χ0n) is 9.43. The van der Waals surface area contributed by atoms with E-state index in [9.17, 15) is 4.39 Å². The van der Waals surface area contributed by atoms with E-state index < -0.39 is 5.82 Å². The number of rotatable bonds is 2. The number of nitrogen functional groups attached to an aromatic ring is 1. The number of nitrogens with zero attached hydrogens (tertiary/aromatic N) is 2. The van der Waals surface area contributed by atoms with Gasteiger partial charge in [-0.1, -0.05) is 22.8 Å². The minimum Gasteiger partial charge on any atom is -0.380 e. The Morgan fingerprint density at radius 3 is 2.84 bits per heavy atom. The molecule has 0 unspecified atom stereocenters. The first kappa shape index (κ1) is 12.1. The zero-order valence-corrected chi connectivity index (χ0v) is 11.0. The molecule has 0 radical (unpaired) electrons. The fraction of sp³-hybridized carbons (Fsp3) is 0. The standard InChI is InChI=1S/C12H7ClFN3OS/c13-6-2-1-3-7(14)9(6)10-11(18-17-12(10)15)8-4-16-5-19-8/h1-5H,(H2,15,17). The molecule has 0 fully saturated rings. The lowest BCUT2D eigenvalue weighted by atomic mass is 10.0. The van der Waals surface area contributed by atoms with Crippen LogP contribution in [-0.2, 0) is 0 Å². The number of aromatic nitrogens is 2. The van der Waals surface area contributed by atoms with Gasteiger partial charge in [-0.3, -0.25) is 4.98 Å². The van der Waals surface area contributed by atoms with E-state index in [0.717, 1.165) is 0 Å². The smallest absolute Gasteiger partial charge is 0.188 e. The number of halogens is 2. The normalized spacial score (nSPS) is 10.8. The number of thiazole rings is 1. The minimum atomic E-state index is -0.479. The van der Waals surface area contributed by atoms with Gasteiger partial charge in [-0.15, -0.1) is 11.3 Å². The second kappa shape index (κ2) is 4.64. The summed E-state index contributed by atoms with van der Waals surface area (Å²) in [4.78, 5) is 4.66. The summed E-state index contributed by atoms with van der Waals surface area (Å²) in [7, 11) is 0. The predicted octanol–water partition coefficient (Wildman–Crippen LogP) is 3.84. The molecule has 0 aliphatic carbocycles. The van der Waals surface area contributed by atoms with Crippen LogP contribution >= 0.6 is 22.9 Å². The molecular formula is C12H7ClFN3OS. The monoisotopic (exact) mass is 295 g/mol. The van der Waals surface area contributed by atoms with E-state index in [2.05, 4.69) is 10.1 Å². The van der Waals surface area contributed by atoms with Gasteiger partial charge in [-0.05, 0) is 12.1 Å². The third-order valence-electron chi connectivity index (χ3n) is 2.59. The summed E-state index contributed by atoms with van der Waals surface area (Å²) in [5.41, 5.74) is 7.95. The van der Waals surface area contributed by atoms with Crippen molar-refractivity contribution in [2.75, 3.05) is 5.73 Å². The van der Waals surface area contributed by atoms with Crippen LogP contribution in [0, 0.1) is 5.82 Å². The molecule has 0 bridgehead atoms. The molecule has 4 nitrogen and oxygen atoms in total. The van der Waals surface area contributed by atoms with Crippen LogP contribution in [0.4, 0.5) is 10.2 Å². The second-order valence-electron chi connectivity index (χ2n) is 3.73. The van der Waals surface area contributed by atoms with Crippen molar-refractivity contribution in [1.29, 1.82) is 0 Å². The van der Waals surface area contributed by atoms with Crippen molar-refractivity contribution < 1.29 is 8.91 Å². The topological polar surface area (TPSA) is 64.9 Å². The molecule has 0 saturated carbocycles. The highest BCUT2D eigenvalue weighted by Crippen LogP contribution is 2.42. The number of benzene rings is 1. The fourth-order valence-corrected chi connectivity index (χ4v) is 2.64. The van der Waals surface area contributed by atoms with Gasteiger partial charge in [0.25, 0.3) is 0 Å². The minimum absolute atomic E-state index is 0.0930. The van der Waals surface area contributed by atoms with E-state index in [4.69, 9.17) is 21.9 Å². The molecule has 0 spiro atoms. The van der Waals surface area contributed by atoms with Gasteiger partial charge in [-0.25, -0.2) is 4.39 Å². The maximum atomic E-state index is 14.0. The van der Waals surface area contributed by atoms with Crippen molar-refractivity contribution in [3.05, 3.63) is 40.7 Å². The summed E-state index contributed by atoms with van der Waals surface area (Å²) in [6.07, 6.45) is 1.60. The maximum Gasteiger partial charge on any atom is 0.188 e. The van der Waals surface area contributed by atoms with Crippen LogP contribution in [0.25, 0.3) is 21.8 Å². The highest BCUT2D eigenvalue weighted by atomic mass is 35.5. The Labute approximate surface area is 116 Å². The molecule has 0 saturated heterocycles. The van der Waals surface area contributed by atoms with E-state index in [1.54, 1.807) is 17.8 Å². The molecule has 0 aliphatic heterocycles. The van der Waals surface area contributed by atoms with Crippen LogP contribution in [0.3, 0.4) is 0 Å². The van der Waals surface area contributed by atoms with Crippen molar-refractivity contribution in [2.24, 2.45) is 0 Å². The Hall–Kier alpha value is -1.92. The zero-order chi connectivity index (χ0) is 13.4. The number of nitrogens with two attached hydrogens (primary N) is 1. The van der Waals surface area contributed by atoms with Crippen LogP contribution in [0.5, 0.6) is 0 Å². The summed E-state index contributed by atoms with van der Waals surface area (Å²) in [5.74, 6) is -0.0180. The van der Waals surface area contributed by atoms with E-state index in [-0.39, 0.29) is 16.4 Å². The average Bonchev–Trinajstić information content (AvgIpc) is 2.99. The first-order chi connectivity index (χ1) is 9.18. The Balaban J connectivity index is 2.29. The Morgan fingerprint density at radius 1 is 1.32 bits per heavy atom. The van der Waals surface area contributed by atoms with Gasteiger partial charge in [-0.2, -0.15) is 0 Å². The number of hydrogen-bond donors (Lipinski definition) is 1. The highest BCUT2D eigenvalue weighted by molar-refractivity contribution is 7.13. The van der Waals surface area contributed by atoms with Crippen molar-refractivity contribution in [2.45, 2.75) is 0 Å². The summed E-state index contributed by atoms with van der Waals surface area (Å²) < 4.78 is 19.2. The van der Waals surface area contributed by atoms with Gasteiger partial charge in [0.15, 0.2) is 11.6 Å². The average molecular weight is 296 g/mol. The van der Waals surface area contributed by atoms with Crippen LogP contribution < -0.4 is 5.73 Å². The lowest BCUT2D eigenvalue weighted by molar-refractivity contribution is 0.437. The Morgan fingerprint density at radius 2 is 2.16 bits per heavy atom. The van der Waals surface area contributed by atoms with Crippen LogP contribution in [0.15, 0.2) is 34.4 Å². The largest absolute Gasteiger partial charge is 0.380 e. The maximum absolute atomic E-state index is 14.0. The molecule has 2 aromatic heterocycles. The molecule has 19 heavy (non-hydrogen) atoms. The van der Waals surface area contributed by atoms with Gasteiger partial charge >= 0.3 is 0 Å². The Bertz CT molecular complexity index is 706. The van der Waals surface area contributed by atoms with E-state index in [1.807, 2.05) is 0 Å². The molecule has 0 aliphatic rings. The molecule has 96 valence electrons. The summed E-state index contributed by atoms with van der Waals surface area (Å²) in [5, 5.41) is 3.94. The molecule has 7 heteroatoms. The van der Waals surface area contributed by atoms with Gasteiger partial charge in [0.05, 0.1) is 21.0 Å².